The molecule has 0 aliphatic rings. The Morgan fingerprint density at radius 3 is 2.29 bits per heavy atom. The van der Waals surface area contributed by atoms with Gasteiger partial charge >= 0.3 is 12.2 Å². The van der Waals surface area contributed by atoms with E-state index < -0.39 is 12.2 Å². The molecule has 6 nitrogen and oxygen atoms in total. The topological polar surface area (TPSA) is 65.1 Å². The highest BCUT2D eigenvalue weighted by molar-refractivity contribution is 5.67. The average molecular weight is 243 g/mol. The first-order valence-corrected chi connectivity index (χ1v) is 5.01. The lowest BCUT2D eigenvalue weighted by atomic mass is 10.6. The lowest BCUT2D eigenvalue weighted by Crippen LogP contribution is -2.31. The van der Waals surface area contributed by atoms with E-state index in [1.165, 1.54) is 24.1 Å². The molecule has 0 spiro atoms. The number of ether oxygens (including phenoxy) is 3. The molecule has 0 aliphatic heterocycles. The zero-order chi connectivity index (χ0) is 13.1. The molecule has 0 fully saturated rings. The van der Waals surface area contributed by atoms with Gasteiger partial charge in [0.25, 0.3) is 0 Å². The molecule has 17 heavy (non-hydrogen) atoms. The Kier molecular flexibility index (Phi) is 8.18. The molecular weight excluding hydrogens is 226 g/mol. The fraction of sp³-hybridized carbons (Fsp3) is 0.455. The first kappa shape index (κ1) is 15.0. The first-order chi connectivity index (χ1) is 8.11. The molecule has 0 saturated carbocycles. The van der Waals surface area contributed by atoms with Gasteiger partial charge in [-0.3, -0.25) is 0 Å². The summed E-state index contributed by atoms with van der Waals surface area (Å²) < 4.78 is 14.0. The molecule has 0 rings (SSSR count). The molecule has 0 unspecified atom stereocenters. The molecule has 0 atom stereocenters. The highest BCUT2D eigenvalue weighted by Gasteiger charge is 2.10. The van der Waals surface area contributed by atoms with Crippen molar-refractivity contribution in [2.75, 3.05) is 33.4 Å². The average Bonchev–Trinajstić information content (AvgIpc) is 2.33. The molecule has 96 valence electrons. The van der Waals surface area contributed by atoms with Gasteiger partial charge in [0.1, 0.15) is 19.8 Å². The number of rotatable bonds is 7. The van der Waals surface area contributed by atoms with Crippen LogP contribution < -0.4 is 0 Å². The van der Waals surface area contributed by atoms with Crippen molar-refractivity contribution < 1.29 is 23.8 Å². The van der Waals surface area contributed by atoms with Gasteiger partial charge in [-0.05, 0) is 0 Å². The second-order valence-electron chi connectivity index (χ2n) is 2.99. The van der Waals surface area contributed by atoms with Crippen LogP contribution in [-0.4, -0.2) is 50.6 Å². The number of likely N-dealkylation sites (N-methyl/N-ethyl adjacent to an activating group) is 1. The van der Waals surface area contributed by atoms with E-state index in [2.05, 4.69) is 17.9 Å². The second-order valence-corrected chi connectivity index (χ2v) is 2.99. The Morgan fingerprint density at radius 1 is 1.12 bits per heavy atom. The predicted octanol–water partition coefficient (Wildman–Crippen LogP) is 1.58. The van der Waals surface area contributed by atoms with Gasteiger partial charge in [-0.25, -0.2) is 9.59 Å². The summed E-state index contributed by atoms with van der Waals surface area (Å²) in [6.45, 7) is 7.30. The number of nitrogens with zero attached hydrogens (tertiary/aromatic N) is 1. The predicted molar refractivity (Wildman–Crippen MR) is 61.7 cm³/mol. The summed E-state index contributed by atoms with van der Waals surface area (Å²) in [5, 5.41) is 0. The van der Waals surface area contributed by atoms with Gasteiger partial charge in [-0.1, -0.05) is 25.3 Å². The van der Waals surface area contributed by atoms with Crippen LogP contribution in [-0.2, 0) is 14.2 Å². The quantitative estimate of drug-likeness (QED) is 0.501. The molecule has 0 aromatic carbocycles. The highest BCUT2D eigenvalue weighted by Crippen LogP contribution is 1.92. The molecule has 1 amide bonds. The highest BCUT2D eigenvalue weighted by atomic mass is 16.7. The zero-order valence-electron chi connectivity index (χ0n) is 9.89. The van der Waals surface area contributed by atoms with E-state index in [9.17, 15) is 9.59 Å². The van der Waals surface area contributed by atoms with Gasteiger partial charge < -0.3 is 19.1 Å². The molecule has 0 aliphatic carbocycles. The number of hydrogen-bond donors (Lipinski definition) is 0. The summed E-state index contributed by atoms with van der Waals surface area (Å²) in [6, 6.07) is 0. The van der Waals surface area contributed by atoms with Crippen LogP contribution in [0.1, 0.15) is 0 Å². The van der Waals surface area contributed by atoms with Crippen molar-refractivity contribution in [3.8, 4) is 0 Å². The summed E-state index contributed by atoms with van der Waals surface area (Å²) in [5.74, 6) is 0. The maximum absolute atomic E-state index is 11.2. The second kappa shape index (κ2) is 9.26. The van der Waals surface area contributed by atoms with Crippen molar-refractivity contribution in [1.82, 2.24) is 4.90 Å². The Hall–Kier alpha value is -1.98. The van der Waals surface area contributed by atoms with Crippen molar-refractivity contribution in [1.29, 1.82) is 0 Å². The van der Waals surface area contributed by atoms with E-state index in [0.717, 1.165) is 0 Å². The van der Waals surface area contributed by atoms with E-state index in [1.54, 1.807) is 0 Å². The van der Waals surface area contributed by atoms with Crippen LogP contribution in [0.3, 0.4) is 0 Å². The monoisotopic (exact) mass is 243 g/mol. The fourth-order valence-electron chi connectivity index (χ4n) is 0.766. The van der Waals surface area contributed by atoms with Crippen LogP contribution in [0.5, 0.6) is 0 Å². The SMILES string of the molecule is C=CCOC(=O)OCCN(C)C(=O)OCC=C. The van der Waals surface area contributed by atoms with Crippen LogP contribution in [0.2, 0.25) is 0 Å². The Balaban J connectivity index is 3.65. The molecule has 0 bridgehead atoms. The third-order valence-corrected chi connectivity index (χ3v) is 1.60. The first-order valence-electron chi connectivity index (χ1n) is 5.01. The standard InChI is InChI=1S/C11H17NO5/c1-4-7-15-10(13)12(3)6-9-17-11(14)16-8-5-2/h4-5H,1-2,6-9H2,3H3. The van der Waals surface area contributed by atoms with E-state index in [-0.39, 0.29) is 26.4 Å². The van der Waals surface area contributed by atoms with E-state index in [4.69, 9.17) is 9.47 Å². The van der Waals surface area contributed by atoms with Gasteiger partial charge in [0.2, 0.25) is 0 Å². The minimum atomic E-state index is -0.794. The summed E-state index contributed by atoms with van der Waals surface area (Å²) in [6.07, 6.45) is 1.60. The summed E-state index contributed by atoms with van der Waals surface area (Å²) in [7, 11) is 1.53. The molecule has 0 radical (unpaired) electrons. The summed E-state index contributed by atoms with van der Waals surface area (Å²) in [4.78, 5) is 23.4. The zero-order valence-corrected chi connectivity index (χ0v) is 9.89. The largest absolute Gasteiger partial charge is 0.508 e. The maximum Gasteiger partial charge on any atom is 0.508 e. The maximum atomic E-state index is 11.2. The number of carbonyl (C=O) groups excluding carboxylic acids is 2. The number of carbonyl (C=O) groups is 2. The van der Waals surface area contributed by atoms with Crippen LogP contribution in [0, 0.1) is 0 Å². The normalized spacial score (nSPS) is 9.00. The molecule has 0 N–H and O–H groups in total. The van der Waals surface area contributed by atoms with Gasteiger partial charge in [-0.15, -0.1) is 0 Å². The Bertz CT molecular complexity index is 277. The third-order valence-electron chi connectivity index (χ3n) is 1.60. The van der Waals surface area contributed by atoms with Gasteiger partial charge in [0.05, 0.1) is 6.54 Å². The fourth-order valence-corrected chi connectivity index (χ4v) is 0.766. The van der Waals surface area contributed by atoms with Crippen molar-refractivity contribution >= 4 is 12.2 Å². The minimum absolute atomic E-state index is 0.0374. The van der Waals surface area contributed by atoms with Crippen molar-refractivity contribution in [2.24, 2.45) is 0 Å². The molecule has 0 aromatic heterocycles. The molecule has 0 aromatic rings. The van der Waals surface area contributed by atoms with Gasteiger partial charge in [0.15, 0.2) is 0 Å². The lowest BCUT2D eigenvalue weighted by Gasteiger charge is -2.15. The van der Waals surface area contributed by atoms with E-state index >= 15 is 0 Å². The van der Waals surface area contributed by atoms with Gasteiger partial charge in [0, 0.05) is 7.05 Å². The smallest absolute Gasteiger partial charge is 0.445 e. The Labute approximate surface area is 100 Å². The van der Waals surface area contributed by atoms with Crippen molar-refractivity contribution in [3.63, 3.8) is 0 Å². The number of hydrogen-bond acceptors (Lipinski definition) is 5. The van der Waals surface area contributed by atoms with Crippen molar-refractivity contribution in [2.45, 2.75) is 0 Å². The van der Waals surface area contributed by atoms with Gasteiger partial charge in [-0.2, -0.15) is 0 Å². The molecular formula is C11H17NO5. The van der Waals surface area contributed by atoms with Crippen molar-refractivity contribution in [3.05, 3.63) is 25.3 Å². The van der Waals surface area contributed by atoms with Crippen LogP contribution in [0.25, 0.3) is 0 Å². The Morgan fingerprint density at radius 2 is 1.71 bits per heavy atom. The molecule has 0 heterocycles. The summed E-state index contributed by atoms with van der Waals surface area (Å²) >= 11 is 0. The summed E-state index contributed by atoms with van der Waals surface area (Å²) in [5.41, 5.74) is 0. The minimum Gasteiger partial charge on any atom is -0.445 e. The lowest BCUT2D eigenvalue weighted by molar-refractivity contribution is 0.0543. The van der Waals surface area contributed by atoms with E-state index in [1.807, 2.05) is 0 Å². The molecule has 6 heteroatoms. The van der Waals surface area contributed by atoms with Crippen LogP contribution in [0.15, 0.2) is 25.3 Å². The number of amides is 1. The van der Waals surface area contributed by atoms with Crippen LogP contribution >= 0.6 is 0 Å². The van der Waals surface area contributed by atoms with E-state index in [0.29, 0.717) is 0 Å². The molecule has 0 saturated heterocycles. The van der Waals surface area contributed by atoms with Crippen LogP contribution in [0.4, 0.5) is 9.59 Å². The third kappa shape index (κ3) is 7.89.